The summed E-state index contributed by atoms with van der Waals surface area (Å²) >= 11 is 1.96. The normalized spacial score (nSPS) is 17.8. The average Bonchev–Trinajstić information content (AvgIpc) is 2.35. The molecular weight excluding hydrogens is 228 g/mol. The summed E-state index contributed by atoms with van der Waals surface area (Å²) in [4.78, 5) is 2.56. The van der Waals surface area contributed by atoms with Gasteiger partial charge in [-0.3, -0.25) is 4.90 Å². The minimum atomic E-state index is 0.766. The van der Waals surface area contributed by atoms with Crippen LogP contribution in [0.25, 0.3) is 0 Å². The summed E-state index contributed by atoms with van der Waals surface area (Å²) in [5.74, 6) is 0. The van der Waals surface area contributed by atoms with E-state index in [4.69, 9.17) is 5.73 Å². The first-order valence-corrected chi connectivity index (χ1v) is 7.60. The van der Waals surface area contributed by atoms with Crippen molar-refractivity contribution in [2.24, 2.45) is 0 Å². The first-order valence-electron chi connectivity index (χ1n) is 6.31. The largest absolute Gasteiger partial charge is 0.399 e. The molecule has 0 fully saturated rings. The highest BCUT2D eigenvalue weighted by Gasteiger charge is 2.16. The smallest absolute Gasteiger partial charge is 0.0316 e. The molecule has 0 radical (unpaired) electrons. The van der Waals surface area contributed by atoms with Crippen LogP contribution in [0, 0.1) is 0 Å². The third-order valence-electron chi connectivity index (χ3n) is 3.58. The van der Waals surface area contributed by atoms with Crippen LogP contribution < -0.4 is 5.73 Å². The number of hydrogen-bond acceptors (Lipinski definition) is 3. The molecule has 1 heterocycles. The highest BCUT2D eigenvalue weighted by atomic mass is 32.2. The van der Waals surface area contributed by atoms with Crippen LogP contribution in [0.2, 0.25) is 0 Å². The van der Waals surface area contributed by atoms with E-state index in [2.05, 4.69) is 30.2 Å². The van der Waals surface area contributed by atoms with Crippen molar-refractivity contribution in [2.45, 2.75) is 31.6 Å². The van der Waals surface area contributed by atoms with Crippen LogP contribution in [0.1, 0.15) is 24.5 Å². The SMILES string of the molecule is CSC(C)CCN1CCc2cc(N)ccc2C1. The van der Waals surface area contributed by atoms with Crippen LogP contribution in [-0.2, 0) is 13.0 Å². The maximum atomic E-state index is 5.82. The van der Waals surface area contributed by atoms with E-state index < -0.39 is 0 Å². The van der Waals surface area contributed by atoms with Gasteiger partial charge in [0.15, 0.2) is 0 Å². The van der Waals surface area contributed by atoms with Gasteiger partial charge in [0.2, 0.25) is 0 Å². The van der Waals surface area contributed by atoms with E-state index >= 15 is 0 Å². The molecule has 1 unspecified atom stereocenters. The molecule has 0 bridgehead atoms. The van der Waals surface area contributed by atoms with E-state index in [0.717, 1.165) is 23.9 Å². The van der Waals surface area contributed by atoms with Crippen molar-refractivity contribution in [1.82, 2.24) is 4.90 Å². The molecule has 0 aromatic heterocycles. The number of nitrogens with zero attached hydrogens (tertiary/aromatic N) is 1. The van der Waals surface area contributed by atoms with Gasteiger partial charge in [-0.25, -0.2) is 0 Å². The Balaban J connectivity index is 1.92. The maximum Gasteiger partial charge on any atom is 0.0316 e. The minimum Gasteiger partial charge on any atom is -0.399 e. The Morgan fingerprint density at radius 1 is 1.41 bits per heavy atom. The van der Waals surface area contributed by atoms with Crippen LogP contribution in [0.4, 0.5) is 5.69 Å². The zero-order valence-corrected chi connectivity index (χ0v) is 11.6. The summed E-state index contributed by atoms with van der Waals surface area (Å²) in [5, 5.41) is 0.766. The molecule has 1 aliphatic rings. The van der Waals surface area contributed by atoms with E-state index in [1.54, 1.807) is 0 Å². The number of thioether (sulfide) groups is 1. The summed E-state index contributed by atoms with van der Waals surface area (Å²) in [7, 11) is 0. The second-order valence-electron chi connectivity index (χ2n) is 4.89. The fourth-order valence-electron chi connectivity index (χ4n) is 2.30. The summed E-state index contributed by atoms with van der Waals surface area (Å²) in [5.41, 5.74) is 9.62. The van der Waals surface area contributed by atoms with Crippen molar-refractivity contribution < 1.29 is 0 Å². The molecule has 17 heavy (non-hydrogen) atoms. The van der Waals surface area contributed by atoms with Gasteiger partial charge in [-0.2, -0.15) is 11.8 Å². The summed E-state index contributed by atoms with van der Waals surface area (Å²) in [6, 6.07) is 6.35. The van der Waals surface area contributed by atoms with E-state index in [1.165, 1.54) is 30.6 Å². The lowest BCUT2D eigenvalue weighted by Gasteiger charge is -2.29. The van der Waals surface area contributed by atoms with Gasteiger partial charge in [0.05, 0.1) is 0 Å². The first-order chi connectivity index (χ1) is 8.19. The molecule has 1 aromatic carbocycles. The topological polar surface area (TPSA) is 29.3 Å². The molecule has 1 aliphatic heterocycles. The van der Waals surface area contributed by atoms with E-state index in [9.17, 15) is 0 Å². The second-order valence-corrected chi connectivity index (χ2v) is 6.17. The van der Waals surface area contributed by atoms with Gasteiger partial charge in [0.25, 0.3) is 0 Å². The van der Waals surface area contributed by atoms with Crippen LogP contribution in [0.5, 0.6) is 0 Å². The molecule has 0 aliphatic carbocycles. The van der Waals surface area contributed by atoms with Crippen LogP contribution in [0.15, 0.2) is 18.2 Å². The second kappa shape index (κ2) is 5.78. The third-order valence-corrected chi connectivity index (χ3v) is 4.62. The van der Waals surface area contributed by atoms with Crippen molar-refractivity contribution in [3.63, 3.8) is 0 Å². The zero-order valence-electron chi connectivity index (χ0n) is 10.8. The monoisotopic (exact) mass is 250 g/mol. The van der Waals surface area contributed by atoms with E-state index in [1.807, 2.05) is 17.8 Å². The maximum absolute atomic E-state index is 5.82. The molecule has 1 aromatic rings. The zero-order chi connectivity index (χ0) is 12.3. The Kier molecular flexibility index (Phi) is 4.35. The minimum absolute atomic E-state index is 0.766. The third kappa shape index (κ3) is 3.39. The Bertz CT molecular complexity index is 378. The fourth-order valence-corrected chi connectivity index (χ4v) is 2.65. The van der Waals surface area contributed by atoms with Gasteiger partial charge in [-0.15, -0.1) is 0 Å². The van der Waals surface area contributed by atoms with Gasteiger partial charge >= 0.3 is 0 Å². The van der Waals surface area contributed by atoms with Gasteiger partial charge in [0, 0.05) is 24.0 Å². The van der Waals surface area contributed by atoms with Gasteiger partial charge in [-0.1, -0.05) is 13.0 Å². The van der Waals surface area contributed by atoms with E-state index in [0.29, 0.717) is 0 Å². The highest BCUT2D eigenvalue weighted by Crippen LogP contribution is 2.22. The van der Waals surface area contributed by atoms with Crippen molar-refractivity contribution in [3.05, 3.63) is 29.3 Å². The molecule has 2 rings (SSSR count). The summed E-state index contributed by atoms with van der Waals surface area (Å²) < 4.78 is 0. The standard InChI is InChI=1S/C14H22N2S/c1-11(17-2)5-7-16-8-6-12-9-14(15)4-3-13(12)10-16/h3-4,9,11H,5-8,10,15H2,1-2H3. The lowest BCUT2D eigenvalue weighted by molar-refractivity contribution is 0.251. The molecule has 2 N–H and O–H groups in total. The Morgan fingerprint density at radius 2 is 2.24 bits per heavy atom. The fraction of sp³-hybridized carbons (Fsp3) is 0.571. The van der Waals surface area contributed by atoms with Crippen molar-refractivity contribution in [3.8, 4) is 0 Å². The molecule has 0 saturated heterocycles. The highest BCUT2D eigenvalue weighted by molar-refractivity contribution is 7.99. The number of hydrogen-bond donors (Lipinski definition) is 1. The number of fused-ring (bicyclic) bond motifs is 1. The van der Waals surface area contributed by atoms with Gasteiger partial charge < -0.3 is 5.73 Å². The number of anilines is 1. The van der Waals surface area contributed by atoms with E-state index in [-0.39, 0.29) is 0 Å². The summed E-state index contributed by atoms with van der Waals surface area (Å²) in [6.07, 6.45) is 4.62. The Hall–Kier alpha value is -0.670. The molecule has 0 amide bonds. The quantitative estimate of drug-likeness (QED) is 0.833. The summed E-state index contributed by atoms with van der Waals surface area (Å²) in [6.45, 7) is 5.79. The predicted octanol–water partition coefficient (Wildman–Crippen LogP) is 2.77. The molecular formula is C14H22N2S. The molecule has 94 valence electrons. The lowest BCUT2D eigenvalue weighted by atomic mass is 9.99. The first kappa shape index (κ1) is 12.8. The van der Waals surface area contributed by atoms with Crippen LogP contribution in [0.3, 0.4) is 0 Å². The molecule has 2 nitrogen and oxygen atoms in total. The van der Waals surface area contributed by atoms with Gasteiger partial charge in [-0.05, 0) is 48.9 Å². The molecule has 0 spiro atoms. The van der Waals surface area contributed by atoms with Crippen molar-refractivity contribution in [2.75, 3.05) is 25.1 Å². The number of nitrogens with two attached hydrogens (primary N) is 1. The predicted molar refractivity (Wildman–Crippen MR) is 77.4 cm³/mol. The van der Waals surface area contributed by atoms with Crippen molar-refractivity contribution >= 4 is 17.4 Å². The van der Waals surface area contributed by atoms with Gasteiger partial charge in [0.1, 0.15) is 0 Å². The van der Waals surface area contributed by atoms with Crippen molar-refractivity contribution in [1.29, 1.82) is 0 Å². The number of nitrogen functional groups attached to an aromatic ring is 1. The molecule has 1 atom stereocenters. The van der Waals surface area contributed by atoms with Crippen LogP contribution in [-0.4, -0.2) is 29.5 Å². The molecule has 0 saturated carbocycles. The lowest BCUT2D eigenvalue weighted by Crippen LogP contribution is -2.32. The van der Waals surface area contributed by atoms with Crippen LogP contribution >= 0.6 is 11.8 Å². The number of rotatable bonds is 4. The Labute approximate surface area is 109 Å². The average molecular weight is 250 g/mol. The molecule has 3 heteroatoms. The number of benzene rings is 1. The Morgan fingerprint density at radius 3 is 3.00 bits per heavy atom.